The lowest BCUT2D eigenvalue weighted by Gasteiger charge is -2.18. The second-order valence-electron chi connectivity index (χ2n) is 7.75. The van der Waals surface area contributed by atoms with Crippen LogP contribution in [0.15, 0.2) is 51.8 Å². The average Bonchev–Trinajstić information content (AvgIpc) is 3.41. The Morgan fingerprint density at radius 3 is 2.63 bits per heavy atom. The molecular formula is C21H22BrN3O4S. The van der Waals surface area contributed by atoms with Gasteiger partial charge in [-0.2, -0.15) is 0 Å². The molecule has 1 atom stereocenters. The minimum absolute atomic E-state index is 0.00554. The number of nitrogens with one attached hydrogen (secondary N) is 2. The summed E-state index contributed by atoms with van der Waals surface area (Å²) in [5.41, 5.74) is 2.16. The lowest BCUT2D eigenvalue weighted by molar-refractivity contribution is -0.122. The maximum absolute atomic E-state index is 12.7. The molecule has 0 radical (unpaired) electrons. The third-order valence-electron chi connectivity index (χ3n) is 5.26. The van der Waals surface area contributed by atoms with Gasteiger partial charge in [0.15, 0.2) is 0 Å². The summed E-state index contributed by atoms with van der Waals surface area (Å²) in [4.78, 5) is 27.0. The highest BCUT2D eigenvalue weighted by atomic mass is 79.9. The Balaban J connectivity index is 1.45. The van der Waals surface area contributed by atoms with Crippen molar-refractivity contribution in [3.63, 3.8) is 0 Å². The summed E-state index contributed by atoms with van der Waals surface area (Å²) in [6, 6.07) is 11.8. The SMILES string of the molecule is Cc1cc(N2CC(C(=O)Nc3cccc(S(=O)(=O)NC4CC4)c3)CC2=O)ccc1Br. The summed E-state index contributed by atoms with van der Waals surface area (Å²) in [7, 11) is -3.60. The molecule has 4 rings (SSSR count). The molecule has 2 aromatic carbocycles. The quantitative estimate of drug-likeness (QED) is 0.648. The molecule has 2 amide bonds. The van der Waals surface area contributed by atoms with Gasteiger partial charge < -0.3 is 10.2 Å². The standard InChI is InChI=1S/C21H22BrN3O4S/c1-13-9-17(7-8-19(13)22)25-12-14(10-20(25)26)21(27)23-16-3-2-4-18(11-16)30(28,29)24-15-5-6-15/h2-4,7-9,11,14-15,24H,5-6,10,12H2,1H3,(H,23,27). The predicted molar refractivity (Wildman–Crippen MR) is 118 cm³/mol. The zero-order valence-electron chi connectivity index (χ0n) is 16.4. The summed E-state index contributed by atoms with van der Waals surface area (Å²) in [5, 5.41) is 2.76. The number of nitrogens with zero attached hydrogens (tertiary/aromatic N) is 1. The van der Waals surface area contributed by atoms with E-state index in [2.05, 4.69) is 26.0 Å². The smallest absolute Gasteiger partial charge is 0.240 e. The van der Waals surface area contributed by atoms with Gasteiger partial charge in [-0.3, -0.25) is 9.59 Å². The van der Waals surface area contributed by atoms with Crippen molar-refractivity contribution in [2.24, 2.45) is 5.92 Å². The van der Waals surface area contributed by atoms with Crippen LogP contribution in [-0.2, 0) is 19.6 Å². The van der Waals surface area contributed by atoms with Crippen LogP contribution < -0.4 is 14.9 Å². The van der Waals surface area contributed by atoms with Gasteiger partial charge in [0.2, 0.25) is 21.8 Å². The maximum atomic E-state index is 12.7. The van der Waals surface area contributed by atoms with Gasteiger partial charge in [-0.1, -0.05) is 22.0 Å². The highest BCUT2D eigenvalue weighted by Gasteiger charge is 2.35. The largest absolute Gasteiger partial charge is 0.326 e. The first-order valence-electron chi connectivity index (χ1n) is 9.73. The van der Waals surface area contributed by atoms with E-state index in [9.17, 15) is 18.0 Å². The minimum Gasteiger partial charge on any atom is -0.326 e. The Morgan fingerprint density at radius 2 is 1.93 bits per heavy atom. The van der Waals surface area contributed by atoms with Gasteiger partial charge >= 0.3 is 0 Å². The number of carbonyl (C=O) groups excluding carboxylic acids is 2. The second kappa shape index (κ2) is 8.13. The number of hydrogen-bond acceptors (Lipinski definition) is 4. The van der Waals surface area contributed by atoms with Crippen molar-refractivity contribution in [3.05, 3.63) is 52.5 Å². The van der Waals surface area contributed by atoms with Gasteiger partial charge in [0, 0.05) is 34.9 Å². The van der Waals surface area contributed by atoms with Crippen LogP contribution in [0.2, 0.25) is 0 Å². The third-order valence-corrected chi connectivity index (χ3v) is 7.67. The molecule has 1 saturated heterocycles. The highest BCUT2D eigenvalue weighted by Crippen LogP contribution is 2.29. The Morgan fingerprint density at radius 1 is 1.17 bits per heavy atom. The fraction of sp³-hybridized carbons (Fsp3) is 0.333. The topological polar surface area (TPSA) is 95.6 Å². The fourth-order valence-corrected chi connectivity index (χ4v) is 5.00. The second-order valence-corrected chi connectivity index (χ2v) is 10.3. The van der Waals surface area contributed by atoms with Gasteiger partial charge in [-0.05, 0) is 61.7 Å². The Bertz CT molecular complexity index is 1110. The first-order valence-corrected chi connectivity index (χ1v) is 12.0. The van der Waals surface area contributed by atoms with Crippen LogP contribution in [0, 0.1) is 12.8 Å². The number of rotatable bonds is 6. The molecule has 9 heteroatoms. The van der Waals surface area contributed by atoms with E-state index < -0.39 is 15.9 Å². The molecule has 1 aliphatic carbocycles. The number of aryl methyl sites for hydroxylation is 1. The molecule has 1 unspecified atom stereocenters. The van der Waals surface area contributed by atoms with Crippen molar-refractivity contribution in [1.29, 1.82) is 0 Å². The average molecular weight is 492 g/mol. The van der Waals surface area contributed by atoms with Gasteiger partial charge in [0.05, 0.1) is 10.8 Å². The molecule has 0 aromatic heterocycles. The predicted octanol–water partition coefficient (Wildman–Crippen LogP) is 3.19. The Kier molecular flexibility index (Phi) is 5.69. The zero-order chi connectivity index (χ0) is 21.5. The normalized spacial score (nSPS) is 19.2. The van der Waals surface area contributed by atoms with Crippen molar-refractivity contribution in [2.45, 2.75) is 37.1 Å². The fourth-order valence-electron chi connectivity index (χ4n) is 3.40. The van der Waals surface area contributed by atoms with E-state index in [0.29, 0.717) is 5.69 Å². The van der Waals surface area contributed by atoms with Crippen molar-refractivity contribution >= 4 is 49.1 Å². The van der Waals surface area contributed by atoms with Crippen LogP contribution in [0.4, 0.5) is 11.4 Å². The van der Waals surface area contributed by atoms with Crippen molar-refractivity contribution in [3.8, 4) is 0 Å². The molecule has 2 aliphatic rings. The van der Waals surface area contributed by atoms with Crippen LogP contribution in [0.5, 0.6) is 0 Å². The van der Waals surface area contributed by atoms with Crippen LogP contribution in [0.25, 0.3) is 0 Å². The van der Waals surface area contributed by atoms with Crippen molar-refractivity contribution < 1.29 is 18.0 Å². The molecule has 1 heterocycles. The molecule has 1 saturated carbocycles. The number of amides is 2. The molecule has 2 aromatic rings. The number of sulfonamides is 1. The summed E-state index contributed by atoms with van der Waals surface area (Å²) in [5.74, 6) is -0.919. The van der Waals surface area contributed by atoms with Gasteiger partial charge in [0.25, 0.3) is 0 Å². The molecule has 2 fully saturated rings. The van der Waals surface area contributed by atoms with E-state index in [1.165, 1.54) is 12.1 Å². The summed E-state index contributed by atoms with van der Waals surface area (Å²) < 4.78 is 28.4. The first kappa shape index (κ1) is 21.0. The molecule has 7 nitrogen and oxygen atoms in total. The first-order chi connectivity index (χ1) is 14.2. The Labute approximate surface area is 184 Å². The molecule has 158 valence electrons. The zero-order valence-corrected chi connectivity index (χ0v) is 18.8. The van der Waals surface area contributed by atoms with Crippen LogP contribution in [0.3, 0.4) is 0 Å². The number of carbonyl (C=O) groups is 2. The van der Waals surface area contributed by atoms with Gasteiger partial charge in [-0.15, -0.1) is 0 Å². The van der Waals surface area contributed by atoms with E-state index >= 15 is 0 Å². The minimum atomic E-state index is -3.60. The van der Waals surface area contributed by atoms with Gasteiger partial charge in [-0.25, -0.2) is 13.1 Å². The number of hydrogen-bond donors (Lipinski definition) is 2. The molecule has 2 N–H and O–H groups in total. The summed E-state index contributed by atoms with van der Waals surface area (Å²) in [6.07, 6.45) is 1.81. The lowest BCUT2D eigenvalue weighted by Crippen LogP contribution is -2.28. The molecule has 0 bridgehead atoms. The number of benzene rings is 2. The van der Waals surface area contributed by atoms with Crippen molar-refractivity contribution in [1.82, 2.24) is 4.72 Å². The van der Waals surface area contributed by atoms with Crippen LogP contribution in [0.1, 0.15) is 24.8 Å². The molecule has 0 spiro atoms. The third kappa shape index (κ3) is 4.58. The molecular weight excluding hydrogens is 470 g/mol. The Hall–Kier alpha value is -2.23. The monoisotopic (exact) mass is 491 g/mol. The van der Waals surface area contributed by atoms with E-state index in [-0.39, 0.29) is 35.7 Å². The molecule has 30 heavy (non-hydrogen) atoms. The molecule has 1 aliphatic heterocycles. The summed E-state index contributed by atoms with van der Waals surface area (Å²) in [6.45, 7) is 2.23. The highest BCUT2D eigenvalue weighted by molar-refractivity contribution is 9.10. The van der Waals surface area contributed by atoms with Crippen LogP contribution in [-0.4, -0.2) is 32.8 Å². The van der Waals surface area contributed by atoms with E-state index in [1.54, 1.807) is 17.0 Å². The van der Waals surface area contributed by atoms with Crippen LogP contribution >= 0.6 is 15.9 Å². The lowest BCUT2D eigenvalue weighted by atomic mass is 10.1. The van der Waals surface area contributed by atoms with E-state index in [4.69, 9.17) is 0 Å². The van der Waals surface area contributed by atoms with Crippen molar-refractivity contribution in [2.75, 3.05) is 16.8 Å². The maximum Gasteiger partial charge on any atom is 0.240 e. The summed E-state index contributed by atoms with van der Waals surface area (Å²) >= 11 is 3.45. The number of halogens is 1. The van der Waals surface area contributed by atoms with Gasteiger partial charge in [0.1, 0.15) is 0 Å². The van der Waals surface area contributed by atoms with E-state index in [0.717, 1.165) is 28.6 Å². The van der Waals surface area contributed by atoms with E-state index in [1.807, 2.05) is 25.1 Å². The number of anilines is 2.